The third-order valence-electron chi connectivity index (χ3n) is 2.25. The topological polar surface area (TPSA) is 61.7 Å². The lowest BCUT2D eigenvalue weighted by molar-refractivity contribution is 0.195. The molecule has 0 radical (unpaired) electrons. The Bertz CT molecular complexity index is 399. The van der Waals surface area contributed by atoms with E-state index in [4.69, 9.17) is 5.11 Å². The van der Waals surface area contributed by atoms with E-state index in [0.717, 1.165) is 24.1 Å². The molecule has 2 N–H and O–H groups in total. The summed E-state index contributed by atoms with van der Waals surface area (Å²) < 4.78 is 0. The van der Waals surface area contributed by atoms with Gasteiger partial charge in [0, 0.05) is 5.56 Å². The van der Waals surface area contributed by atoms with E-state index in [0.29, 0.717) is 0 Å². The van der Waals surface area contributed by atoms with Crippen LogP contribution >= 0.6 is 0 Å². The van der Waals surface area contributed by atoms with Crippen LogP contribution in [0.1, 0.15) is 17.5 Å². The minimum atomic E-state index is -1.12. The number of carboxylic acid groups (broad SMARTS) is 1. The van der Waals surface area contributed by atoms with Gasteiger partial charge in [0.2, 0.25) is 0 Å². The van der Waals surface area contributed by atoms with E-state index in [-0.39, 0.29) is 0 Å². The van der Waals surface area contributed by atoms with Crippen molar-refractivity contribution in [2.24, 2.45) is 5.10 Å². The highest BCUT2D eigenvalue weighted by Crippen LogP contribution is 2.21. The lowest BCUT2D eigenvalue weighted by atomic mass is 10.1. The molecule has 4 heteroatoms. The summed E-state index contributed by atoms with van der Waals surface area (Å²) in [5.74, 6) is 0. The highest BCUT2D eigenvalue weighted by molar-refractivity contribution is 6.04. The van der Waals surface area contributed by atoms with Crippen LogP contribution in [-0.4, -0.2) is 16.9 Å². The predicted molar refractivity (Wildman–Crippen MR) is 52.5 cm³/mol. The second-order valence-electron chi connectivity index (χ2n) is 3.13. The smallest absolute Gasteiger partial charge is 0.425 e. The summed E-state index contributed by atoms with van der Waals surface area (Å²) in [5.41, 5.74) is 5.15. The van der Waals surface area contributed by atoms with Crippen LogP contribution in [0.5, 0.6) is 0 Å². The summed E-state index contributed by atoms with van der Waals surface area (Å²) in [4.78, 5) is 10.2. The number of hydrazone groups is 1. The molecule has 0 bridgehead atoms. The van der Waals surface area contributed by atoms with Crippen molar-refractivity contribution < 1.29 is 9.90 Å². The zero-order valence-corrected chi connectivity index (χ0v) is 7.53. The highest BCUT2D eigenvalue weighted by atomic mass is 16.4. The number of amides is 1. The average molecular weight is 190 g/mol. The number of hydrogen-bond acceptors (Lipinski definition) is 2. The van der Waals surface area contributed by atoms with Gasteiger partial charge in [0.05, 0.1) is 5.71 Å². The molecule has 0 spiro atoms. The van der Waals surface area contributed by atoms with Crippen molar-refractivity contribution in [3.8, 4) is 0 Å². The van der Waals surface area contributed by atoms with Crippen molar-refractivity contribution in [2.45, 2.75) is 12.8 Å². The Labute approximate surface area is 81.3 Å². The minimum Gasteiger partial charge on any atom is -0.464 e. The van der Waals surface area contributed by atoms with Crippen molar-refractivity contribution in [3.63, 3.8) is 0 Å². The molecule has 0 fully saturated rings. The van der Waals surface area contributed by atoms with Crippen LogP contribution in [0.3, 0.4) is 0 Å². The van der Waals surface area contributed by atoms with Gasteiger partial charge < -0.3 is 5.11 Å². The van der Waals surface area contributed by atoms with Crippen LogP contribution in [0.15, 0.2) is 29.4 Å². The number of rotatable bonds is 1. The number of benzene rings is 1. The van der Waals surface area contributed by atoms with Crippen molar-refractivity contribution in [1.29, 1.82) is 0 Å². The molecule has 0 saturated carbocycles. The molecule has 1 aliphatic carbocycles. The fourth-order valence-electron chi connectivity index (χ4n) is 1.64. The van der Waals surface area contributed by atoms with Crippen LogP contribution < -0.4 is 5.43 Å². The number of carbonyl (C=O) groups is 1. The largest absolute Gasteiger partial charge is 0.464 e. The first-order valence-corrected chi connectivity index (χ1v) is 4.41. The maximum Gasteiger partial charge on any atom is 0.425 e. The SMILES string of the molecule is O=C(O)NN=C1CCc2ccccc21. The van der Waals surface area contributed by atoms with Gasteiger partial charge in [0.25, 0.3) is 0 Å². The number of aryl methyl sites for hydroxylation is 1. The molecule has 1 aromatic rings. The molecule has 0 atom stereocenters. The molecule has 0 unspecified atom stereocenters. The second kappa shape index (κ2) is 3.49. The summed E-state index contributed by atoms with van der Waals surface area (Å²) >= 11 is 0. The van der Waals surface area contributed by atoms with Gasteiger partial charge in [0.1, 0.15) is 0 Å². The summed E-state index contributed by atoms with van der Waals surface area (Å²) in [6.07, 6.45) is 0.623. The third-order valence-corrected chi connectivity index (χ3v) is 2.25. The fraction of sp³-hybridized carbons (Fsp3) is 0.200. The molecule has 0 heterocycles. The Hall–Kier alpha value is -1.84. The molecule has 2 rings (SSSR count). The van der Waals surface area contributed by atoms with E-state index in [2.05, 4.69) is 5.10 Å². The van der Waals surface area contributed by atoms with Crippen molar-refractivity contribution in [2.75, 3.05) is 0 Å². The van der Waals surface area contributed by atoms with Crippen LogP contribution in [0.4, 0.5) is 4.79 Å². The predicted octanol–water partition coefficient (Wildman–Crippen LogP) is 1.60. The first-order valence-electron chi connectivity index (χ1n) is 4.41. The summed E-state index contributed by atoms with van der Waals surface area (Å²) in [7, 11) is 0. The second-order valence-corrected chi connectivity index (χ2v) is 3.13. The number of nitrogens with one attached hydrogen (secondary N) is 1. The monoisotopic (exact) mass is 190 g/mol. The van der Waals surface area contributed by atoms with E-state index < -0.39 is 6.09 Å². The molecule has 0 aliphatic heterocycles. The Balaban J connectivity index is 2.26. The number of fused-ring (bicyclic) bond motifs is 1. The van der Waals surface area contributed by atoms with Crippen LogP contribution in [-0.2, 0) is 6.42 Å². The Morgan fingerprint density at radius 1 is 1.36 bits per heavy atom. The van der Waals surface area contributed by atoms with E-state index in [9.17, 15) is 4.79 Å². The highest BCUT2D eigenvalue weighted by Gasteiger charge is 2.16. The van der Waals surface area contributed by atoms with Gasteiger partial charge in [-0.1, -0.05) is 24.3 Å². The molecular formula is C10H10N2O2. The lowest BCUT2D eigenvalue weighted by Gasteiger charge is -1.98. The molecular weight excluding hydrogens is 180 g/mol. The maximum absolute atomic E-state index is 10.2. The van der Waals surface area contributed by atoms with E-state index in [1.165, 1.54) is 5.56 Å². The van der Waals surface area contributed by atoms with Gasteiger partial charge >= 0.3 is 6.09 Å². The number of nitrogens with zero attached hydrogens (tertiary/aromatic N) is 1. The van der Waals surface area contributed by atoms with Crippen LogP contribution in [0.25, 0.3) is 0 Å². The van der Waals surface area contributed by atoms with Gasteiger partial charge in [-0.05, 0) is 18.4 Å². The Morgan fingerprint density at radius 2 is 2.14 bits per heavy atom. The molecule has 72 valence electrons. The normalized spacial score (nSPS) is 16.7. The zero-order valence-electron chi connectivity index (χ0n) is 7.53. The van der Waals surface area contributed by atoms with E-state index in [1.54, 1.807) is 0 Å². The molecule has 1 amide bonds. The van der Waals surface area contributed by atoms with Gasteiger partial charge in [-0.2, -0.15) is 5.10 Å². The van der Waals surface area contributed by atoms with Crippen LogP contribution in [0, 0.1) is 0 Å². The Morgan fingerprint density at radius 3 is 2.93 bits per heavy atom. The van der Waals surface area contributed by atoms with Crippen molar-refractivity contribution in [3.05, 3.63) is 35.4 Å². The Kier molecular flexibility index (Phi) is 2.18. The quantitative estimate of drug-likeness (QED) is 0.661. The number of hydrogen-bond donors (Lipinski definition) is 2. The summed E-state index contributed by atoms with van der Waals surface area (Å²) in [6.45, 7) is 0. The summed E-state index contributed by atoms with van der Waals surface area (Å²) in [6, 6.07) is 7.91. The third kappa shape index (κ3) is 1.59. The van der Waals surface area contributed by atoms with Gasteiger partial charge in [-0.25, -0.2) is 10.2 Å². The minimum absolute atomic E-state index is 0.805. The van der Waals surface area contributed by atoms with Crippen molar-refractivity contribution >= 4 is 11.8 Å². The van der Waals surface area contributed by atoms with Gasteiger partial charge in [-0.15, -0.1) is 0 Å². The summed E-state index contributed by atoms with van der Waals surface area (Å²) in [5, 5.41) is 12.2. The van der Waals surface area contributed by atoms with Crippen LogP contribution in [0.2, 0.25) is 0 Å². The lowest BCUT2D eigenvalue weighted by Crippen LogP contribution is -2.16. The average Bonchev–Trinajstić information content (AvgIpc) is 2.58. The van der Waals surface area contributed by atoms with Gasteiger partial charge in [-0.3, -0.25) is 0 Å². The molecule has 4 nitrogen and oxygen atoms in total. The standard InChI is InChI=1S/C10H10N2O2/c13-10(14)12-11-9-6-5-7-3-1-2-4-8(7)9/h1-4,12H,5-6H2,(H,13,14). The van der Waals surface area contributed by atoms with E-state index >= 15 is 0 Å². The maximum atomic E-state index is 10.2. The molecule has 0 saturated heterocycles. The van der Waals surface area contributed by atoms with Crippen molar-refractivity contribution in [1.82, 2.24) is 5.43 Å². The molecule has 1 aromatic carbocycles. The zero-order chi connectivity index (χ0) is 9.97. The van der Waals surface area contributed by atoms with E-state index in [1.807, 2.05) is 29.7 Å². The first kappa shape index (κ1) is 8.74. The molecule has 1 aliphatic rings. The fourth-order valence-corrected chi connectivity index (χ4v) is 1.64. The molecule has 14 heavy (non-hydrogen) atoms. The van der Waals surface area contributed by atoms with Gasteiger partial charge in [0.15, 0.2) is 0 Å². The first-order chi connectivity index (χ1) is 6.77. The molecule has 0 aromatic heterocycles.